The molecule has 0 bridgehead atoms. The Morgan fingerprint density at radius 1 is 1.17 bits per heavy atom. The van der Waals surface area contributed by atoms with Crippen molar-refractivity contribution >= 4 is 11.8 Å². The van der Waals surface area contributed by atoms with Gasteiger partial charge in [0.2, 0.25) is 0 Å². The van der Waals surface area contributed by atoms with Gasteiger partial charge in [-0.2, -0.15) is 5.10 Å². The van der Waals surface area contributed by atoms with Crippen LogP contribution in [0.15, 0.2) is 49.3 Å². The lowest BCUT2D eigenvalue weighted by Gasteiger charge is -2.08. The quantitative estimate of drug-likeness (QED) is 0.761. The molecule has 0 radical (unpaired) electrons. The standard InChI is InChI=1S/C14H12FN7O/c15-11-3-1-10(2-4-11)6-17-14(23)21-12-5-13(19-8-18-12)22-9-16-7-20-22/h1-5,7-9H,6H2,(H2,17,18,19,21,23). The van der Waals surface area contributed by atoms with Crippen molar-refractivity contribution in [2.75, 3.05) is 5.32 Å². The van der Waals surface area contributed by atoms with Crippen molar-refractivity contribution in [3.05, 3.63) is 60.7 Å². The molecule has 0 spiro atoms. The van der Waals surface area contributed by atoms with Crippen molar-refractivity contribution in [1.82, 2.24) is 30.0 Å². The summed E-state index contributed by atoms with van der Waals surface area (Å²) in [5.41, 5.74) is 0.785. The summed E-state index contributed by atoms with van der Waals surface area (Å²) in [4.78, 5) is 23.7. The molecule has 2 N–H and O–H groups in total. The van der Waals surface area contributed by atoms with E-state index in [9.17, 15) is 9.18 Å². The van der Waals surface area contributed by atoms with Gasteiger partial charge in [-0.25, -0.2) is 28.8 Å². The molecule has 0 saturated heterocycles. The van der Waals surface area contributed by atoms with E-state index in [0.717, 1.165) is 5.56 Å². The lowest BCUT2D eigenvalue weighted by Crippen LogP contribution is -2.28. The normalized spacial score (nSPS) is 10.3. The van der Waals surface area contributed by atoms with E-state index in [1.807, 2.05) is 0 Å². The number of carbonyl (C=O) groups is 1. The topological polar surface area (TPSA) is 97.6 Å². The summed E-state index contributed by atoms with van der Waals surface area (Å²) in [6.45, 7) is 0.271. The Kier molecular flexibility index (Phi) is 4.18. The first-order valence-electron chi connectivity index (χ1n) is 6.67. The van der Waals surface area contributed by atoms with Crippen LogP contribution >= 0.6 is 0 Å². The van der Waals surface area contributed by atoms with Crippen LogP contribution < -0.4 is 10.6 Å². The van der Waals surface area contributed by atoms with Gasteiger partial charge in [-0.05, 0) is 17.7 Å². The predicted octanol–water partition coefficient (Wildman–Crippen LogP) is 1.52. The fourth-order valence-electron chi connectivity index (χ4n) is 1.81. The first-order chi connectivity index (χ1) is 11.2. The minimum atomic E-state index is -0.433. The molecule has 116 valence electrons. The van der Waals surface area contributed by atoms with Gasteiger partial charge >= 0.3 is 6.03 Å². The molecule has 3 rings (SSSR count). The van der Waals surface area contributed by atoms with E-state index in [-0.39, 0.29) is 12.4 Å². The molecule has 8 nitrogen and oxygen atoms in total. The Balaban J connectivity index is 1.59. The monoisotopic (exact) mass is 313 g/mol. The number of carbonyl (C=O) groups excluding carboxylic acids is 1. The van der Waals surface area contributed by atoms with Gasteiger partial charge in [0.15, 0.2) is 5.82 Å². The van der Waals surface area contributed by atoms with Gasteiger partial charge in [0.05, 0.1) is 0 Å². The summed E-state index contributed by atoms with van der Waals surface area (Å²) < 4.78 is 14.2. The Morgan fingerprint density at radius 3 is 2.74 bits per heavy atom. The molecule has 0 saturated carbocycles. The Hall–Kier alpha value is -3.36. The summed E-state index contributed by atoms with van der Waals surface area (Å²) in [5.74, 6) is 0.480. The molecule has 3 aromatic rings. The van der Waals surface area contributed by atoms with Gasteiger partial charge in [-0.3, -0.25) is 5.32 Å². The molecule has 0 atom stereocenters. The molecular weight excluding hydrogens is 301 g/mol. The number of urea groups is 1. The third-order valence-corrected chi connectivity index (χ3v) is 2.91. The molecular formula is C14H12FN7O. The maximum absolute atomic E-state index is 12.8. The summed E-state index contributed by atoms with van der Waals surface area (Å²) >= 11 is 0. The second-order valence-corrected chi connectivity index (χ2v) is 4.54. The number of halogens is 1. The molecule has 0 aliphatic carbocycles. The van der Waals surface area contributed by atoms with Crippen LogP contribution in [0.5, 0.6) is 0 Å². The lowest BCUT2D eigenvalue weighted by molar-refractivity contribution is 0.251. The molecule has 9 heteroatoms. The number of anilines is 1. The molecule has 2 amide bonds. The summed E-state index contributed by atoms with van der Waals surface area (Å²) in [6.07, 6.45) is 4.18. The average Bonchev–Trinajstić information content (AvgIpc) is 3.09. The second-order valence-electron chi connectivity index (χ2n) is 4.54. The molecule has 0 aliphatic heterocycles. The van der Waals surface area contributed by atoms with Crippen molar-refractivity contribution < 1.29 is 9.18 Å². The number of nitrogens with one attached hydrogen (secondary N) is 2. The number of amides is 2. The SMILES string of the molecule is O=C(NCc1ccc(F)cc1)Nc1cc(-n2cncn2)ncn1. The third-order valence-electron chi connectivity index (χ3n) is 2.91. The zero-order valence-corrected chi connectivity index (χ0v) is 11.8. The third kappa shape index (κ3) is 3.84. The lowest BCUT2D eigenvalue weighted by atomic mass is 10.2. The second kappa shape index (κ2) is 6.60. The summed E-state index contributed by atoms with van der Waals surface area (Å²) in [5, 5.41) is 9.19. The van der Waals surface area contributed by atoms with Crippen LogP contribution in [0.25, 0.3) is 5.82 Å². The van der Waals surface area contributed by atoms with Crippen LogP contribution in [0.1, 0.15) is 5.56 Å². The zero-order chi connectivity index (χ0) is 16.1. The first-order valence-corrected chi connectivity index (χ1v) is 6.67. The maximum atomic E-state index is 12.8. The highest BCUT2D eigenvalue weighted by Gasteiger charge is 2.06. The van der Waals surface area contributed by atoms with E-state index in [2.05, 4.69) is 30.7 Å². The highest BCUT2D eigenvalue weighted by molar-refractivity contribution is 5.88. The first kappa shape index (κ1) is 14.6. The van der Waals surface area contributed by atoms with E-state index in [1.54, 1.807) is 18.2 Å². The van der Waals surface area contributed by atoms with Gasteiger partial charge < -0.3 is 5.32 Å². The van der Waals surface area contributed by atoms with E-state index < -0.39 is 6.03 Å². The number of hydrogen-bond donors (Lipinski definition) is 2. The van der Waals surface area contributed by atoms with Crippen LogP contribution in [-0.2, 0) is 6.54 Å². The van der Waals surface area contributed by atoms with E-state index in [1.165, 1.54) is 35.8 Å². The minimum Gasteiger partial charge on any atom is -0.334 e. The van der Waals surface area contributed by atoms with Crippen LogP contribution in [0, 0.1) is 5.82 Å². The molecule has 2 heterocycles. The number of benzene rings is 1. The molecule has 2 aromatic heterocycles. The molecule has 0 unspecified atom stereocenters. The Morgan fingerprint density at radius 2 is 2.00 bits per heavy atom. The smallest absolute Gasteiger partial charge is 0.320 e. The minimum absolute atomic E-state index is 0.271. The molecule has 23 heavy (non-hydrogen) atoms. The van der Waals surface area contributed by atoms with Crippen molar-refractivity contribution in [1.29, 1.82) is 0 Å². The van der Waals surface area contributed by atoms with E-state index in [4.69, 9.17) is 0 Å². The van der Waals surface area contributed by atoms with Crippen molar-refractivity contribution in [3.63, 3.8) is 0 Å². The number of hydrogen-bond acceptors (Lipinski definition) is 5. The van der Waals surface area contributed by atoms with Crippen molar-refractivity contribution in [3.8, 4) is 5.82 Å². The van der Waals surface area contributed by atoms with E-state index >= 15 is 0 Å². The summed E-state index contributed by atoms with van der Waals surface area (Å²) in [6, 6.07) is 7.00. The van der Waals surface area contributed by atoms with Gasteiger partial charge in [-0.1, -0.05) is 12.1 Å². The largest absolute Gasteiger partial charge is 0.334 e. The zero-order valence-electron chi connectivity index (χ0n) is 11.8. The van der Waals surface area contributed by atoms with Gasteiger partial charge in [0, 0.05) is 12.6 Å². The van der Waals surface area contributed by atoms with Crippen molar-refractivity contribution in [2.24, 2.45) is 0 Å². The maximum Gasteiger partial charge on any atom is 0.320 e. The van der Waals surface area contributed by atoms with Gasteiger partial charge in [0.25, 0.3) is 0 Å². The Labute approximate surface area is 130 Å². The van der Waals surface area contributed by atoms with Gasteiger partial charge in [-0.15, -0.1) is 0 Å². The van der Waals surface area contributed by atoms with Crippen LogP contribution in [-0.4, -0.2) is 30.8 Å². The number of nitrogens with zero attached hydrogens (tertiary/aromatic N) is 5. The number of aromatic nitrogens is 5. The predicted molar refractivity (Wildman–Crippen MR) is 79.2 cm³/mol. The fourth-order valence-corrected chi connectivity index (χ4v) is 1.81. The van der Waals surface area contributed by atoms with Crippen LogP contribution in [0.2, 0.25) is 0 Å². The summed E-state index contributed by atoms with van der Waals surface area (Å²) in [7, 11) is 0. The molecule has 0 fully saturated rings. The number of rotatable bonds is 4. The van der Waals surface area contributed by atoms with E-state index in [0.29, 0.717) is 11.6 Å². The molecule has 0 aliphatic rings. The highest BCUT2D eigenvalue weighted by Crippen LogP contribution is 2.07. The highest BCUT2D eigenvalue weighted by atomic mass is 19.1. The fraction of sp³-hybridized carbons (Fsp3) is 0.0714. The Bertz CT molecular complexity index is 789. The van der Waals surface area contributed by atoms with Crippen LogP contribution in [0.3, 0.4) is 0 Å². The van der Waals surface area contributed by atoms with Crippen molar-refractivity contribution in [2.45, 2.75) is 6.54 Å². The average molecular weight is 313 g/mol. The molecule has 1 aromatic carbocycles. The van der Waals surface area contributed by atoms with Gasteiger partial charge in [0.1, 0.15) is 30.6 Å². The van der Waals surface area contributed by atoms with Crippen LogP contribution in [0.4, 0.5) is 15.0 Å².